The molecule has 2 aromatic rings. The number of aromatic nitrogens is 1. The van der Waals surface area contributed by atoms with Gasteiger partial charge in [0.1, 0.15) is 0 Å². The molecule has 3 heteroatoms. The summed E-state index contributed by atoms with van der Waals surface area (Å²) in [6.07, 6.45) is 2.13. The number of hydrogen-bond acceptors (Lipinski definition) is 2. The van der Waals surface area contributed by atoms with Crippen molar-refractivity contribution in [3.8, 4) is 0 Å². The summed E-state index contributed by atoms with van der Waals surface area (Å²) in [5.74, 6) is 0.547. The number of pyridine rings is 1. The molecule has 0 N–H and O–H groups in total. The zero-order valence-corrected chi connectivity index (χ0v) is 12.6. The van der Waals surface area contributed by atoms with Gasteiger partial charge in [-0.15, -0.1) is 0 Å². The van der Waals surface area contributed by atoms with Crippen molar-refractivity contribution < 1.29 is 4.79 Å². The average Bonchev–Trinajstić information content (AvgIpc) is 2.39. The van der Waals surface area contributed by atoms with Crippen LogP contribution in [-0.4, -0.2) is 10.8 Å². The second-order valence-electron chi connectivity index (χ2n) is 4.84. The van der Waals surface area contributed by atoms with Gasteiger partial charge in [-0.1, -0.05) is 41.9 Å². The van der Waals surface area contributed by atoms with E-state index in [4.69, 9.17) is 0 Å². The number of rotatable bonds is 4. The Morgan fingerprint density at radius 2 is 1.89 bits per heavy atom. The Morgan fingerprint density at radius 1 is 1.21 bits per heavy atom. The van der Waals surface area contributed by atoms with Crippen LogP contribution >= 0.6 is 15.9 Å². The van der Waals surface area contributed by atoms with Crippen molar-refractivity contribution in [3.63, 3.8) is 0 Å². The number of Topliss-reactive ketones (excluding diaryl/α,β-unsaturated/α-hetero) is 1. The first kappa shape index (κ1) is 13.9. The molecule has 0 bridgehead atoms. The largest absolute Gasteiger partial charge is 0.294 e. The van der Waals surface area contributed by atoms with E-state index in [9.17, 15) is 4.79 Å². The molecule has 1 aromatic heterocycles. The third-order valence-corrected chi connectivity index (χ3v) is 3.54. The number of nitrogens with zero attached hydrogens (tertiary/aromatic N) is 1. The fourth-order valence-corrected chi connectivity index (χ4v) is 2.12. The van der Waals surface area contributed by atoms with E-state index in [1.54, 1.807) is 6.20 Å². The molecule has 0 saturated heterocycles. The van der Waals surface area contributed by atoms with Crippen LogP contribution < -0.4 is 0 Å². The summed E-state index contributed by atoms with van der Waals surface area (Å²) in [4.78, 5) is 16.4. The van der Waals surface area contributed by atoms with Crippen LogP contribution in [0.2, 0.25) is 0 Å². The quantitative estimate of drug-likeness (QED) is 0.783. The minimum Gasteiger partial charge on any atom is -0.294 e. The van der Waals surface area contributed by atoms with E-state index in [-0.39, 0.29) is 5.78 Å². The van der Waals surface area contributed by atoms with E-state index in [0.717, 1.165) is 15.7 Å². The minimum absolute atomic E-state index is 0.0981. The molecule has 98 valence electrons. The molecule has 0 aliphatic heterocycles. The molecule has 0 aliphatic rings. The second-order valence-corrected chi connectivity index (χ2v) is 5.76. The predicted molar refractivity (Wildman–Crippen MR) is 80.5 cm³/mol. The summed E-state index contributed by atoms with van der Waals surface area (Å²) in [5.41, 5.74) is 2.77. The molecular formula is C16H16BrNO. The van der Waals surface area contributed by atoms with Gasteiger partial charge in [-0.05, 0) is 35.7 Å². The first-order valence-corrected chi connectivity index (χ1v) is 7.09. The van der Waals surface area contributed by atoms with Crippen LogP contribution in [0.4, 0.5) is 0 Å². The monoisotopic (exact) mass is 317 g/mol. The summed E-state index contributed by atoms with van der Waals surface area (Å²) in [7, 11) is 0. The number of carbonyl (C=O) groups is 1. The lowest BCUT2D eigenvalue weighted by atomic mass is 10.0. The van der Waals surface area contributed by atoms with E-state index in [1.807, 2.05) is 36.4 Å². The predicted octanol–water partition coefficient (Wildman–Crippen LogP) is 4.39. The smallest absolute Gasteiger partial charge is 0.168 e. The third-order valence-electron chi connectivity index (χ3n) is 3.02. The van der Waals surface area contributed by atoms with E-state index in [2.05, 4.69) is 34.8 Å². The molecule has 2 nitrogen and oxygen atoms in total. The summed E-state index contributed by atoms with van der Waals surface area (Å²) in [6, 6.07) is 11.4. The Hall–Kier alpha value is -1.48. The maximum absolute atomic E-state index is 12.2. The molecule has 0 amide bonds. The number of carbonyl (C=O) groups excluding carboxylic acids is 1. The van der Waals surface area contributed by atoms with Crippen LogP contribution in [0.1, 0.15) is 41.4 Å². The van der Waals surface area contributed by atoms with Gasteiger partial charge in [0.2, 0.25) is 0 Å². The van der Waals surface area contributed by atoms with Crippen LogP contribution in [0.25, 0.3) is 0 Å². The Balaban J connectivity index is 2.14. The summed E-state index contributed by atoms with van der Waals surface area (Å²) < 4.78 is 0.976. The van der Waals surface area contributed by atoms with E-state index in [0.29, 0.717) is 12.3 Å². The SMILES string of the molecule is CC(C)c1ccnc(CC(=O)c2ccc(Br)cc2)c1. The Labute approximate surface area is 122 Å². The van der Waals surface area contributed by atoms with Crippen molar-refractivity contribution in [2.24, 2.45) is 0 Å². The molecule has 0 aliphatic carbocycles. The van der Waals surface area contributed by atoms with Crippen molar-refractivity contribution in [2.45, 2.75) is 26.2 Å². The van der Waals surface area contributed by atoms with Crippen LogP contribution in [-0.2, 0) is 6.42 Å². The normalized spacial score (nSPS) is 10.7. The van der Waals surface area contributed by atoms with Gasteiger partial charge in [0.25, 0.3) is 0 Å². The molecule has 0 unspecified atom stereocenters. The number of ketones is 1. The Morgan fingerprint density at radius 3 is 2.53 bits per heavy atom. The second kappa shape index (κ2) is 6.11. The lowest BCUT2D eigenvalue weighted by Crippen LogP contribution is -2.05. The summed E-state index contributed by atoms with van der Waals surface area (Å²) >= 11 is 3.36. The van der Waals surface area contributed by atoms with Gasteiger partial charge < -0.3 is 0 Å². The van der Waals surface area contributed by atoms with Gasteiger partial charge in [0.05, 0.1) is 6.42 Å². The zero-order valence-electron chi connectivity index (χ0n) is 11.1. The van der Waals surface area contributed by atoms with Gasteiger partial charge in [0.15, 0.2) is 5.78 Å². The summed E-state index contributed by atoms with van der Waals surface area (Å²) in [5, 5.41) is 0. The zero-order chi connectivity index (χ0) is 13.8. The molecule has 0 saturated carbocycles. The highest BCUT2D eigenvalue weighted by molar-refractivity contribution is 9.10. The fraction of sp³-hybridized carbons (Fsp3) is 0.250. The molecule has 2 rings (SSSR count). The molecule has 19 heavy (non-hydrogen) atoms. The van der Waals surface area contributed by atoms with E-state index < -0.39 is 0 Å². The van der Waals surface area contributed by atoms with Crippen LogP contribution in [0.5, 0.6) is 0 Å². The first-order valence-electron chi connectivity index (χ1n) is 6.30. The van der Waals surface area contributed by atoms with Crippen molar-refractivity contribution in [3.05, 3.63) is 63.9 Å². The highest BCUT2D eigenvalue weighted by Gasteiger charge is 2.09. The maximum Gasteiger partial charge on any atom is 0.168 e. The Kier molecular flexibility index (Phi) is 4.48. The molecular weight excluding hydrogens is 302 g/mol. The molecule has 0 radical (unpaired) electrons. The van der Waals surface area contributed by atoms with Crippen LogP contribution in [0.15, 0.2) is 47.1 Å². The molecule has 1 heterocycles. The van der Waals surface area contributed by atoms with Crippen molar-refractivity contribution in [2.75, 3.05) is 0 Å². The number of benzene rings is 1. The van der Waals surface area contributed by atoms with E-state index >= 15 is 0 Å². The van der Waals surface area contributed by atoms with Gasteiger partial charge in [0, 0.05) is 21.9 Å². The minimum atomic E-state index is 0.0981. The molecule has 0 fully saturated rings. The molecule has 1 aromatic carbocycles. The summed E-state index contributed by atoms with van der Waals surface area (Å²) in [6.45, 7) is 4.27. The first-order chi connectivity index (χ1) is 9.06. The van der Waals surface area contributed by atoms with Crippen molar-refractivity contribution in [1.29, 1.82) is 0 Å². The van der Waals surface area contributed by atoms with Gasteiger partial charge in [-0.2, -0.15) is 0 Å². The number of hydrogen-bond donors (Lipinski definition) is 0. The van der Waals surface area contributed by atoms with E-state index in [1.165, 1.54) is 5.56 Å². The topological polar surface area (TPSA) is 30.0 Å². The van der Waals surface area contributed by atoms with Gasteiger partial charge >= 0.3 is 0 Å². The lowest BCUT2D eigenvalue weighted by molar-refractivity contribution is 0.0992. The molecule has 0 atom stereocenters. The van der Waals surface area contributed by atoms with Gasteiger partial charge in [-0.3, -0.25) is 9.78 Å². The third kappa shape index (κ3) is 3.74. The van der Waals surface area contributed by atoms with Crippen molar-refractivity contribution >= 4 is 21.7 Å². The number of halogens is 1. The maximum atomic E-state index is 12.2. The van der Waals surface area contributed by atoms with Crippen LogP contribution in [0.3, 0.4) is 0 Å². The standard InChI is InChI=1S/C16H16BrNO/c1-11(2)13-7-8-18-15(9-13)10-16(19)12-3-5-14(17)6-4-12/h3-9,11H,10H2,1-2H3. The Bertz CT molecular complexity index is 576. The highest BCUT2D eigenvalue weighted by Crippen LogP contribution is 2.16. The van der Waals surface area contributed by atoms with Gasteiger partial charge in [-0.25, -0.2) is 0 Å². The van der Waals surface area contributed by atoms with Crippen LogP contribution in [0, 0.1) is 0 Å². The fourth-order valence-electron chi connectivity index (χ4n) is 1.85. The highest BCUT2D eigenvalue weighted by atomic mass is 79.9. The molecule has 0 spiro atoms. The van der Waals surface area contributed by atoms with Crippen molar-refractivity contribution in [1.82, 2.24) is 4.98 Å². The lowest BCUT2D eigenvalue weighted by Gasteiger charge is -2.07. The average molecular weight is 318 g/mol.